The van der Waals surface area contributed by atoms with Crippen molar-refractivity contribution in [3.63, 3.8) is 0 Å². The highest BCUT2D eigenvalue weighted by Crippen LogP contribution is 2.27. The van der Waals surface area contributed by atoms with Gasteiger partial charge in [-0.15, -0.1) is 0 Å². The van der Waals surface area contributed by atoms with Gasteiger partial charge in [0.1, 0.15) is 17.1 Å². The van der Waals surface area contributed by atoms with Gasteiger partial charge in [0.2, 0.25) is 0 Å². The Bertz CT molecular complexity index is 417. The Hall–Kier alpha value is -1.71. The molecule has 0 radical (unpaired) electrons. The molecule has 0 heterocycles. The van der Waals surface area contributed by atoms with E-state index in [0.717, 1.165) is 25.3 Å². The molecule has 0 aliphatic carbocycles. The predicted molar refractivity (Wildman–Crippen MR) is 78.2 cm³/mol. The fourth-order valence-corrected chi connectivity index (χ4v) is 2.13. The van der Waals surface area contributed by atoms with Crippen molar-refractivity contribution < 1.29 is 19.7 Å². The maximum absolute atomic E-state index is 11.9. The molecular formula is C16H24O4. The Morgan fingerprint density at radius 3 is 2.40 bits per heavy atom. The van der Waals surface area contributed by atoms with E-state index in [0.29, 0.717) is 12.2 Å². The minimum absolute atomic E-state index is 0.0625. The molecular weight excluding hydrogens is 256 g/mol. The first-order chi connectivity index (χ1) is 9.56. The molecule has 0 bridgehead atoms. The largest absolute Gasteiger partial charge is 0.508 e. The summed E-state index contributed by atoms with van der Waals surface area (Å²) in [6.45, 7) is 4.19. The number of aromatic hydroxyl groups is 2. The Labute approximate surface area is 120 Å². The molecule has 0 saturated carbocycles. The van der Waals surface area contributed by atoms with E-state index in [1.54, 1.807) is 6.92 Å². The van der Waals surface area contributed by atoms with Crippen LogP contribution in [0.5, 0.6) is 11.5 Å². The van der Waals surface area contributed by atoms with Crippen LogP contribution in [-0.4, -0.2) is 22.8 Å². The molecule has 0 saturated heterocycles. The SMILES string of the molecule is CCCCCCCCOC(=O)c1c(C)cc(O)cc1O. The van der Waals surface area contributed by atoms with Gasteiger partial charge in [-0.3, -0.25) is 0 Å². The summed E-state index contributed by atoms with van der Waals surface area (Å²) < 4.78 is 5.16. The van der Waals surface area contributed by atoms with E-state index in [-0.39, 0.29) is 17.1 Å². The van der Waals surface area contributed by atoms with Gasteiger partial charge in [0.15, 0.2) is 0 Å². The van der Waals surface area contributed by atoms with E-state index in [2.05, 4.69) is 6.92 Å². The zero-order chi connectivity index (χ0) is 15.0. The highest BCUT2D eigenvalue weighted by Gasteiger charge is 2.16. The zero-order valence-corrected chi connectivity index (χ0v) is 12.3. The van der Waals surface area contributed by atoms with Crippen LogP contribution in [0, 0.1) is 6.92 Å². The summed E-state index contributed by atoms with van der Waals surface area (Å²) in [5.41, 5.74) is 0.643. The van der Waals surface area contributed by atoms with Gasteiger partial charge in [-0.1, -0.05) is 39.0 Å². The highest BCUT2D eigenvalue weighted by atomic mass is 16.5. The number of hydrogen-bond acceptors (Lipinski definition) is 4. The van der Waals surface area contributed by atoms with Gasteiger partial charge < -0.3 is 14.9 Å². The third-order valence-electron chi connectivity index (χ3n) is 3.23. The Morgan fingerprint density at radius 2 is 1.75 bits per heavy atom. The van der Waals surface area contributed by atoms with Gasteiger partial charge in [0.05, 0.1) is 6.61 Å². The van der Waals surface area contributed by atoms with Gasteiger partial charge in [-0.2, -0.15) is 0 Å². The van der Waals surface area contributed by atoms with Crippen molar-refractivity contribution >= 4 is 5.97 Å². The number of ether oxygens (including phenoxy) is 1. The number of carbonyl (C=O) groups is 1. The summed E-state index contributed by atoms with van der Waals surface area (Å²) in [5, 5.41) is 19.0. The number of aryl methyl sites for hydroxylation is 1. The van der Waals surface area contributed by atoms with Crippen molar-refractivity contribution in [2.24, 2.45) is 0 Å². The fraction of sp³-hybridized carbons (Fsp3) is 0.562. The number of unbranched alkanes of at least 4 members (excludes halogenated alkanes) is 5. The first kappa shape index (κ1) is 16.3. The number of phenolic OH excluding ortho intramolecular Hbond substituents is 2. The number of esters is 1. The number of carbonyl (C=O) groups excluding carboxylic acids is 1. The quantitative estimate of drug-likeness (QED) is 0.559. The monoisotopic (exact) mass is 280 g/mol. The molecule has 112 valence electrons. The van der Waals surface area contributed by atoms with Crippen LogP contribution in [-0.2, 0) is 4.74 Å². The molecule has 4 heteroatoms. The highest BCUT2D eigenvalue weighted by molar-refractivity contribution is 5.94. The van der Waals surface area contributed by atoms with Crippen LogP contribution < -0.4 is 0 Å². The number of benzene rings is 1. The molecule has 0 aliphatic heterocycles. The lowest BCUT2D eigenvalue weighted by molar-refractivity contribution is 0.0493. The minimum Gasteiger partial charge on any atom is -0.508 e. The second kappa shape index (κ2) is 8.46. The molecule has 0 spiro atoms. The second-order valence-corrected chi connectivity index (χ2v) is 5.06. The maximum atomic E-state index is 11.9. The molecule has 0 aromatic heterocycles. The smallest absolute Gasteiger partial charge is 0.342 e. The van der Waals surface area contributed by atoms with Crippen LogP contribution >= 0.6 is 0 Å². The summed E-state index contributed by atoms with van der Waals surface area (Å²) in [6.07, 6.45) is 6.74. The average molecular weight is 280 g/mol. The average Bonchev–Trinajstić information content (AvgIpc) is 2.36. The van der Waals surface area contributed by atoms with E-state index in [4.69, 9.17) is 4.74 Å². The Kier molecular flexibility index (Phi) is 6.91. The van der Waals surface area contributed by atoms with Crippen LogP contribution in [0.4, 0.5) is 0 Å². The van der Waals surface area contributed by atoms with Crippen LogP contribution in [0.1, 0.15) is 61.4 Å². The molecule has 20 heavy (non-hydrogen) atoms. The van der Waals surface area contributed by atoms with Crippen molar-refractivity contribution in [1.29, 1.82) is 0 Å². The minimum atomic E-state index is -0.534. The van der Waals surface area contributed by atoms with Crippen molar-refractivity contribution in [1.82, 2.24) is 0 Å². The van der Waals surface area contributed by atoms with Gasteiger partial charge in [-0.25, -0.2) is 4.79 Å². The number of phenols is 2. The van der Waals surface area contributed by atoms with E-state index < -0.39 is 5.97 Å². The predicted octanol–water partition coefficient (Wildman–Crippen LogP) is 3.92. The van der Waals surface area contributed by atoms with Gasteiger partial charge in [-0.05, 0) is 25.0 Å². The molecule has 0 aliphatic rings. The van der Waals surface area contributed by atoms with Crippen molar-refractivity contribution in [2.45, 2.75) is 52.4 Å². The Morgan fingerprint density at radius 1 is 1.10 bits per heavy atom. The summed E-state index contributed by atoms with van der Waals surface area (Å²) in [5.74, 6) is -0.837. The van der Waals surface area contributed by atoms with Crippen LogP contribution in [0.2, 0.25) is 0 Å². The topological polar surface area (TPSA) is 66.8 Å². The first-order valence-corrected chi connectivity index (χ1v) is 7.26. The first-order valence-electron chi connectivity index (χ1n) is 7.26. The van der Waals surface area contributed by atoms with Crippen LogP contribution in [0.25, 0.3) is 0 Å². The third kappa shape index (κ3) is 5.11. The summed E-state index contributed by atoms with van der Waals surface area (Å²) >= 11 is 0. The third-order valence-corrected chi connectivity index (χ3v) is 3.23. The van der Waals surface area contributed by atoms with E-state index >= 15 is 0 Å². The van der Waals surface area contributed by atoms with Crippen LogP contribution in [0.15, 0.2) is 12.1 Å². The van der Waals surface area contributed by atoms with Gasteiger partial charge in [0, 0.05) is 6.07 Å². The fourth-order valence-electron chi connectivity index (χ4n) is 2.13. The molecule has 0 fully saturated rings. The molecule has 1 aromatic rings. The lowest BCUT2D eigenvalue weighted by Gasteiger charge is -2.09. The van der Waals surface area contributed by atoms with Crippen molar-refractivity contribution in [3.05, 3.63) is 23.3 Å². The Balaban J connectivity index is 2.37. The van der Waals surface area contributed by atoms with E-state index in [1.807, 2.05) is 0 Å². The maximum Gasteiger partial charge on any atom is 0.342 e. The second-order valence-electron chi connectivity index (χ2n) is 5.06. The van der Waals surface area contributed by atoms with Crippen molar-refractivity contribution in [2.75, 3.05) is 6.61 Å². The standard InChI is InChI=1S/C16H24O4/c1-3-4-5-6-7-8-9-20-16(19)15-12(2)10-13(17)11-14(15)18/h10-11,17-18H,3-9H2,1-2H3. The summed E-state index contributed by atoms with van der Waals surface area (Å²) in [7, 11) is 0. The zero-order valence-electron chi connectivity index (χ0n) is 12.3. The van der Waals surface area contributed by atoms with Crippen molar-refractivity contribution in [3.8, 4) is 11.5 Å². The summed E-state index contributed by atoms with van der Waals surface area (Å²) in [4.78, 5) is 11.9. The number of rotatable bonds is 8. The molecule has 1 aromatic carbocycles. The van der Waals surface area contributed by atoms with Gasteiger partial charge in [0.25, 0.3) is 0 Å². The van der Waals surface area contributed by atoms with Gasteiger partial charge >= 0.3 is 5.97 Å². The summed E-state index contributed by atoms with van der Waals surface area (Å²) in [6, 6.07) is 2.58. The molecule has 1 rings (SSSR count). The molecule has 0 amide bonds. The molecule has 0 atom stereocenters. The normalized spacial score (nSPS) is 10.5. The molecule has 0 unspecified atom stereocenters. The lowest BCUT2D eigenvalue weighted by Crippen LogP contribution is -2.08. The molecule has 2 N–H and O–H groups in total. The van der Waals surface area contributed by atoms with E-state index in [1.165, 1.54) is 25.3 Å². The van der Waals surface area contributed by atoms with E-state index in [9.17, 15) is 15.0 Å². The lowest BCUT2D eigenvalue weighted by atomic mass is 10.1. The van der Waals surface area contributed by atoms with Crippen LogP contribution in [0.3, 0.4) is 0 Å². The molecule has 4 nitrogen and oxygen atoms in total. The number of hydrogen-bond donors (Lipinski definition) is 2.